The van der Waals surface area contributed by atoms with Crippen molar-refractivity contribution >= 4 is 0 Å². The molecule has 2 heteroatoms. The van der Waals surface area contributed by atoms with Gasteiger partial charge in [-0.1, -0.05) is 20.3 Å². The summed E-state index contributed by atoms with van der Waals surface area (Å²) in [5.41, 5.74) is 5.93. The van der Waals surface area contributed by atoms with Crippen molar-refractivity contribution in [2.24, 2.45) is 11.7 Å². The van der Waals surface area contributed by atoms with Crippen molar-refractivity contribution in [3.05, 3.63) is 0 Å². The molecule has 1 unspecified atom stereocenters. The summed E-state index contributed by atoms with van der Waals surface area (Å²) in [5, 5.41) is 0. The molecule has 1 aliphatic carbocycles. The van der Waals surface area contributed by atoms with Gasteiger partial charge in [0.15, 0.2) is 0 Å². The van der Waals surface area contributed by atoms with Crippen LogP contribution in [-0.4, -0.2) is 30.6 Å². The summed E-state index contributed by atoms with van der Waals surface area (Å²) in [6, 6.07) is 1.27. The van der Waals surface area contributed by atoms with Crippen LogP contribution < -0.4 is 5.73 Å². The predicted molar refractivity (Wildman–Crippen MR) is 66.9 cm³/mol. The minimum atomic E-state index is 0.475. The minimum Gasteiger partial charge on any atom is -0.328 e. The topological polar surface area (TPSA) is 29.3 Å². The van der Waals surface area contributed by atoms with Gasteiger partial charge in [0, 0.05) is 18.6 Å². The molecule has 0 saturated heterocycles. The Morgan fingerprint density at radius 2 is 1.87 bits per heavy atom. The lowest BCUT2D eigenvalue weighted by atomic mass is 9.90. The molecule has 0 aromatic heterocycles. The third-order valence-electron chi connectivity index (χ3n) is 3.75. The van der Waals surface area contributed by atoms with E-state index in [1.807, 2.05) is 0 Å². The molecule has 0 aromatic rings. The first-order valence-corrected chi connectivity index (χ1v) is 6.59. The Hall–Kier alpha value is -0.0800. The molecule has 0 bridgehead atoms. The van der Waals surface area contributed by atoms with Crippen LogP contribution in [0.5, 0.6) is 0 Å². The van der Waals surface area contributed by atoms with Crippen molar-refractivity contribution in [1.82, 2.24) is 4.90 Å². The van der Waals surface area contributed by atoms with Crippen LogP contribution >= 0.6 is 0 Å². The van der Waals surface area contributed by atoms with E-state index in [2.05, 4.69) is 25.8 Å². The number of hydrogen-bond donors (Lipinski definition) is 1. The lowest BCUT2D eigenvalue weighted by Gasteiger charge is -2.34. The molecule has 0 spiro atoms. The zero-order valence-electron chi connectivity index (χ0n) is 10.7. The van der Waals surface area contributed by atoms with Crippen molar-refractivity contribution in [3.63, 3.8) is 0 Å². The first-order valence-electron chi connectivity index (χ1n) is 6.59. The first kappa shape index (κ1) is 13.0. The molecule has 0 radical (unpaired) electrons. The second-order valence-corrected chi connectivity index (χ2v) is 5.40. The molecule has 2 nitrogen and oxygen atoms in total. The van der Waals surface area contributed by atoms with Gasteiger partial charge >= 0.3 is 0 Å². The Balaban J connectivity index is 2.24. The number of hydrogen-bond acceptors (Lipinski definition) is 2. The Morgan fingerprint density at radius 1 is 1.27 bits per heavy atom. The first-order chi connectivity index (χ1) is 7.13. The molecule has 0 amide bonds. The van der Waals surface area contributed by atoms with Gasteiger partial charge in [0.25, 0.3) is 0 Å². The number of nitrogens with two attached hydrogens (primary N) is 1. The van der Waals surface area contributed by atoms with Crippen molar-refractivity contribution in [2.45, 2.75) is 64.5 Å². The molecule has 90 valence electrons. The third kappa shape index (κ3) is 4.52. The van der Waals surface area contributed by atoms with Gasteiger partial charge in [0.1, 0.15) is 0 Å². The van der Waals surface area contributed by atoms with E-state index in [4.69, 9.17) is 5.73 Å². The van der Waals surface area contributed by atoms with E-state index in [1.54, 1.807) is 0 Å². The van der Waals surface area contributed by atoms with Crippen LogP contribution in [0.2, 0.25) is 0 Å². The van der Waals surface area contributed by atoms with Gasteiger partial charge in [0.05, 0.1) is 0 Å². The van der Waals surface area contributed by atoms with Gasteiger partial charge in [-0.15, -0.1) is 0 Å². The fourth-order valence-electron chi connectivity index (χ4n) is 2.77. The minimum absolute atomic E-state index is 0.475. The summed E-state index contributed by atoms with van der Waals surface area (Å²) in [4.78, 5) is 2.56. The Bertz CT molecular complexity index is 162. The van der Waals surface area contributed by atoms with Gasteiger partial charge in [-0.05, 0) is 45.1 Å². The van der Waals surface area contributed by atoms with Gasteiger partial charge < -0.3 is 10.6 Å². The standard InChI is InChI=1S/C13H28N2/c1-4-5-11(2)10-15(3)13-8-6-12(14)7-9-13/h11-13H,4-10,14H2,1-3H3. The molecular weight excluding hydrogens is 184 g/mol. The second-order valence-electron chi connectivity index (χ2n) is 5.40. The highest BCUT2D eigenvalue weighted by molar-refractivity contribution is 4.80. The molecular formula is C13H28N2. The molecule has 1 aliphatic rings. The van der Waals surface area contributed by atoms with Crippen molar-refractivity contribution < 1.29 is 0 Å². The fourth-order valence-corrected chi connectivity index (χ4v) is 2.77. The largest absolute Gasteiger partial charge is 0.328 e. The van der Waals surface area contributed by atoms with Gasteiger partial charge in [-0.25, -0.2) is 0 Å². The number of rotatable bonds is 5. The number of nitrogens with zero attached hydrogens (tertiary/aromatic N) is 1. The Morgan fingerprint density at radius 3 is 2.40 bits per heavy atom. The highest BCUT2D eigenvalue weighted by Gasteiger charge is 2.22. The lowest BCUT2D eigenvalue weighted by molar-refractivity contribution is 0.160. The van der Waals surface area contributed by atoms with E-state index in [1.165, 1.54) is 45.1 Å². The van der Waals surface area contributed by atoms with E-state index < -0.39 is 0 Å². The van der Waals surface area contributed by atoms with E-state index in [0.717, 1.165) is 12.0 Å². The maximum absolute atomic E-state index is 5.93. The summed E-state index contributed by atoms with van der Waals surface area (Å²) >= 11 is 0. The monoisotopic (exact) mass is 212 g/mol. The van der Waals surface area contributed by atoms with Crippen LogP contribution in [0.25, 0.3) is 0 Å². The van der Waals surface area contributed by atoms with E-state index in [-0.39, 0.29) is 0 Å². The van der Waals surface area contributed by atoms with Crippen LogP contribution in [0.1, 0.15) is 52.4 Å². The predicted octanol–water partition coefficient (Wildman–Crippen LogP) is 2.62. The molecule has 1 atom stereocenters. The lowest BCUT2D eigenvalue weighted by Crippen LogP contribution is -2.40. The summed E-state index contributed by atoms with van der Waals surface area (Å²) in [5.74, 6) is 0.843. The van der Waals surface area contributed by atoms with Gasteiger partial charge in [-0.3, -0.25) is 0 Å². The molecule has 1 fully saturated rings. The molecule has 0 heterocycles. The zero-order chi connectivity index (χ0) is 11.3. The SMILES string of the molecule is CCCC(C)CN(C)C1CCC(N)CC1. The maximum Gasteiger partial charge on any atom is 0.00934 e. The average molecular weight is 212 g/mol. The quantitative estimate of drug-likeness (QED) is 0.759. The van der Waals surface area contributed by atoms with Gasteiger partial charge in [0.2, 0.25) is 0 Å². The molecule has 2 N–H and O–H groups in total. The fraction of sp³-hybridized carbons (Fsp3) is 1.00. The van der Waals surface area contributed by atoms with Crippen LogP contribution in [0, 0.1) is 5.92 Å². The molecule has 1 rings (SSSR count). The summed E-state index contributed by atoms with van der Waals surface area (Å²) in [6.45, 7) is 5.90. The van der Waals surface area contributed by atoms with E-state index >= 15 is 0 Å². The summed E-state index contributed by atoms with van der Waals surface area (Å²) in [7, 11) is 2.29. The van der Waals surface area contributed by atoms with Gasteiger partial charge in [-0.2, -0.15) is 0 Å². The molecule has 1 saturated carbocycles. The maximum atomic E-state index is 5.93. The summed E-state index contributed by atoms with van der Waals surface area (Å²) < 4.78 is 0. The van der Waals surface area contributed by atoms with Crippen molar-refractivity contribution in [3.8, 4) is 0 Å². The molecule has 0 aromatic carbocycles. The van der Waals surface area contributed by atoms with Crippen LogP contribution in [0.15, 0.2) is 0 Å². The second kappa shape index (κ2) is 6.49. The highest BCUT2D eigenvalue weighted by atomic mass is 15.1. The molecule has 0 aliphatic heterocycles. The van der Waals surface area contributed by atoms with E-state index in [0.29, 0.717) is 6.04 Å². The van der Waals surface area contributed by atoms with E-state index in [9.17, 15) is 0 Å². The third-order valence-corrected chi connectivity index (χ3v) is 3.75. The van der Waals surface area contributed by atoms with Crippen LogP contribution in [0.3, 0.4) is 0 Å². The van der Waals surface area contributed by atoms with Crippen LogP contribution in [0.4, 0.5) is 0 Å². The normalized spacial score (nSPS) is 29.4. The Kier molecular flexibility index (Phi) is 5.62. The smallest absolute Gasteiger partial charge is 0.00934 e. The average Bonchev–Trinajstić information content (AvgIpc) is 2.18. The van der Waals surface area contributed by atoms with Crippen molar-refractivity contribution in [2.75, 3.05) is 13.6 Å². The Labute approximate surface area is 95.2 Å². The highest BCUT2D eigenvalue weighted by Crippen LogP contribution is 2.22. The summed E-state index contributed by atoms with van der Waals surface area (Å²) in [6.07, 6.45) is 7.71. The van der Waals surface area contributed by atoms with Crippen molar-refractivity contribution in [1.29, 1.82) is 0 Å². The zero-order valence-corrected chi connectivity index (χ0v) is 10.7. The molecule has 15 heavy (non-hydrogen) atoms. The van der Waals surface area contributed by atoms with Crippen LogP contribution in [-0.2, 0) is 0 Å².